The van der Waals surface area contributed by atoms with E-state index in [4.69, 9.17) is 0 Å². The van der Waals surface area contributed by atoms with Crippen LogP contribution in [-0.4, -0.2) is 0 Å². The van der Waals surface area contributed by atoms with Gasteiger partial charge >= 0.3 is 0 Å². The first kappa shape index (κ1) is 25.8. The van der Waals surface area contributed by atoms with Gasteiger partial charge in [0.05, 0.1) is 10.8 Å². The van der Waals surface area contributed by atoms with E-state index in [1.807, 2.05) is 0 Å². The second-order valence-corrected chi connectivity index (χ2v) is 12.1. The van der Waals surface area contributed by atoms with Crippen LogP contribution in [0.2, 0.25) is 0 Å². The zero-order valence-corrected chi connectivity index (χ0v) is 24.8. The van der Waals surface area contributed by atoms with Gasteiger partial charge in [0.2, 0.25) is 0 Å². The minimum absolute atomic E-state index is 0.441. The van der Waals surface area contributed by atoms with E-state index in [1.165, 1.54) is 44.5 Å². The molecule has 1 heteroatoms. The molecule has 1 nitrogen and oxygen atoms in total. The van der Waals surface area contributed by atoms with Crippen LogP contribution in [0.5, 0.6) is 0 Å². The third-order valence-corrected chi connectivity index (χ3v) is 9.98. The van der Waals surface area contributed by atoms with Crippen molar-refractivity contribution in [2.45, 2.75) is 10.8 Å². The average molecular weight is 574 g/mol. The smallest absolute Gasteiger partial charge is 0.0711 e. The zero-order valence-electron chi connectivity index (χ0n) is 24.8. The van der Waals surface area contributed by atoms with Gasteiger partial charge in [0, 0.05) is 17.1 Å². The highest BCUT2D eigenvalue weighted by Gasteiger charge is 2.60. The van der Waals surface area contributed by atoms with E-state index in [1.54, 1.807) is 0 Å². The molecule has 0 saturated heterocycles. The molecule has 0 aliphatic heterocycles. The van der Waals surface area contributed by atoms with Crippen molar-refractivity contribution in [1.82, 2.24) is 0 Å². The third-order valence-electron chi connectivity index (χ3n) is 9.98. The number of hydrogen-bond donors (Lipinski definition) is 0. The molecule has 0 aromatic heterocycles. The summed E-state index contributed by atoms with van der Waals surface area (Å²) in [6, 6.07) is 69.2. The fourth-order valence-electron chi connectivity index (χ4n) is 8.36. The Morgan fingerprint density at radius 3 is 1.02 bits per heavy atom. The molecular formula is C44H31N. The molecule has 0 spiro atoms. The lowest BCUT2D eigenvalue weighted by Crippen LogP contribution is -2.51. The number of benzene rings is 7. The lowest BCUT2D eigenvalue weighted by molar-refractivity contribution is 0.557. The standard InChI is InChI=1S/C44H31N/c1-5-17-32(18-6-1)43-37-25-13-15-27-39(37)44(33-19-7-2-8-20-33,40-28-16-14-26-38(40)43)42-31-36(29-30-41(42)43)45(34-21-9-3-10-22-34)35-23-11-4-12-24-35/h1-31H. The van der Waals surface area contributed by atoms with Crippen molar-refractivity contribution in [3.05, 3.63) is 233 Å². The fraction of sp³-hybridized carbons (Fsp3) is 0.0455. The summed E-state index contributed by atoms with van der Waals surface area (Å²) in [6.45, 7) is 0. The van der Waals surface area contributed by atoms with Crippen LogP contribution in [0, 0.1) is 0 Å². The molecule has 0 amide bonds. The molecule has 0 saturated carbocycles. The van der Waals surface area contributed by atoms with Crippen LogP contribution in [0.1, 0.15) is 44.5 Å². The Balaban J connectivity index is 1.44. The van der Waals surface area contributed by atoms with Crippen LogP contribution in [0.4, 0.5) is 17.1 Å². The van der Waals surface area contributed by atoms with Crippen molar-refractivity contribution in [3.63, 3.8) is 0 Å². The lowest BCUT2D eigenvalue weighted by atomic mass is 9.44. The molecule has 0 fully saturated rings. The van der Waals surface area contributed by atoms with Gasteiger partial charge in [0.1, 0.15) is 0 Å². The Labute approximate surface area is 264 Å². The van der Waals surface area contributed by atoms with Crippen LogP contribution in [0.25, 0.3) is 0 Å². The molecular weight excluding hydrogens is 542 g/mol. The lowest BCUT2D eigenvalue weighted by Gasteiger charge is -2.57. The van der Waals surface area contributed by atoms with Crippen molar-refractivity contribution >= 4 is 17.1 Å². The Morgan fingerprint density at radius 2 is 0.600 bits per heavy atom. The third kappa shape index (κ3) is 3.44. The number of nitrogens with zero attached hydrogens (tertiary/aromatic N) is 1. The minimum Gasteiger partial charge on any atom is -0.310 e. The Bertz CT molecular complexity index is 2060. The van der Waals surface area contributed by atoms with Crippen LogP contribution in [0.15, 0.2) is 188 Å². The molecule has 0 atom stereocenters. The molecule has 7 aromatic rings. The normalized spacial score (nSPS) is 18.8. The summed E-state index contributed by atoms with van der Waals surface area (Å²) in [6.07, 6.45) is 0. The van der Waals surface area contributed by atoms with Gasteiger partial charge in [-0.3, -0.25) is 0 Å². The predicted molar refractivity (Wildman–Crippen MR) is 185 cm³/mol. The van der Waals surface area contributed by atoms with E-state index in [9.17, 15) is 0 Å². The summed E-state index contributed by atoms with van der Waals surface area (Å²) in [4.78, 5) is 2.38. The van der Waals surface area contributed by atoms with E-state index in [2.05, 4.69) is 193 Å². The molecule has 0 radical (unpaired) electrons. The summed E-state index contributed by atoms with van der Waals surface area (Å²) < 4.78 is 0. The van der Waals surface area contributed by atoms with Crippen LogP contribution >= 0.6 is 0 Å². The molecule has 7 aromatic carbocycles. The molecule has 0 unspecified atom stereocenters. The maximum absolute atomic E-state index is 2.48. The second kappa shape index (κ2) is 9.94. The highest BCUT2D eigenvalue weighted by atomic mass is 15.1. The molecule has 0 N–H and O–H groups in total. The summed E-state index contributed by atoms with van der Waals surface area (Å²) in [7, 11) is 0. The van der Waals surface area contributed by atoms with Gasteiger partial charge in [-0.05, 0) is 80.9 Å². The van der Waals surface area contributed by atoms with E-state index in [-0.39, 0.29) is 0 Å². The first-order valence-corrected chi connectivity index (χ1v) is 15.7. The molecule has 2 bridgehead atoms. The molecule has 10 rings (SSSR count). The molecule has 0 heterocycles. The van der Waals surface area contributed by atoms with E-state index in [0.29, 0.717) is 0 Å². The number of rotatable bonds is 5. The van der Waals surface area contributed by atoms with Crippen molar-refractivity contribution in [2.24, 2.45) is 0 Å². The summed E-state index contributed by atoms with van der Waals surface area (Å²) in [5.41, 5.74) is 13.2. The maximum atomic E-state index is 2.48. The summed E-state index contributed by atoms with van der Waals surface area (Å²) in [5.74, 6) is 0. The zero-order chi connectivity index (χ0) is 29.8. The van der Waals surface area contributed by atoms with Crippen LogP contribution < -0.4 is 4.90 Å². The van der Waals surface area contributed by atoms with E-state index < -0.39 is 10.8 Å². The van der Waals surface area contributed by atoms with Gasteiger partial charge in [-0.2, -0.15) is 0 Å². The predicted octanol–water partition coefficient (Wildman–Crippen LogP) is 10.5. The maximum Gasteiger partial charge on any atom is 0.0711 e. The second-order valence-electron chi connectivity index (χ2n) is 12.1. The molecule has 3 aliphatic carbocycles. The van der Waals surface area contributed by atoms with E-state index in [0.717, 1.165) is 17.1 Å². The Hall–Kier alpha value is -5.66. The number of anilines is 3. The fourth-order valence-corrected chi connectivity index (χ4v) is 8.36. The van der Waals surface area contributed by atoms with Gasteiger partial charge < -0.3 is 4.90 Å². The summed E-state index contributed by atoms with van der Waals surface area (Å²) >= 11 is 0. The van der Waals surface area contributed by atoms with Crippen molar-refractivity contribution in [3.8, 4) is 0 Å². The molecule has 3 aliphatic rings. The first-order valence-electron chi connectivity index (χ1n) is 15.7. The number of hydrogen-bond acceptors (Lipinski definition) is 1. The van der Waals surface area contributed by atoms with Gasteiger partial charge in [-0.1, -0.05) is 152 Å². The van der Waals surface area contributed by atoms with Crippen LogP contribution in [0.3, 0.4) is 0 Å². The van der Waals surface area contributed by atoms with Crippen molar-refractivity contribution in [2.75, 3.05) is 4.90 Å². The van der Waals surface area contributed by atoms with Gasteiger partial charge in [0.25, 0.3) is 0 Å². The highest BCUT2D eigenvalue weighted by molar-refractivity contribution is 5.85. The van der Waals surface area contributed by atoms with Gasteiger partial charge in [-0.25, -0.2) is 0 Å². The quantitative estimate of drug-likeness (QED) is 0.198. The summed E-state index contributed by atoms with van der Waals surface area (Å²) in [5, 5.41) is 0. The SMILES string of the molecule is c1ccc(N(c2ccccc2)c2ccc3c(c2)C2(c4ccccc4)c4ccccc4C3(c3ccccc3)c3ccccc32)cc1. The first-order chi connectivity index (χ1) is 22.3. The van der Waals surface area contributed by atoms with Gasteiger partial charge in [0.15, 0.2) is 0 Å². The highest BCUT2D eigenvalue weighted by Crippen LogP contribution is 2.66. The molecule has 212 valence electrons. The Kier molecular flexibility index (Phi) is 5.70. The average Bonchev–Trinajstić information content (AvgIpc) is 3.13. The van der Waals surface area contributed by atoms with Gasteiger partial charge in [-0.15, -0.1) is 0 Å². The minimum atomic E-state index is -0.477. The van der Waals surface area contributed by atoms with Crippen molar-refractivity contribution < 1.29 is 0 Å². The molecule has 45 heavy (non-hydrogen) atoms. The van der Waals surface area contributed by atoms with Crippen LogP contribution in [-0.2, 0) is 10.8 Å². The van der Waals surface area contributed by atoms with Crippen molar-refractivity contribution in [1.29, 1.82) is 0 Å². The number of para-hydroxylation sites is 2. The monoisotopic (exact) mass is 573 g/mol. The largest absolute Gasteiger partial charge is 0.310 e. The Morgan fingerprint density at radius 1 is 0.267 bits per heavy atom. The topological polar surface area (TPSA) is 3.24 Å². The van der Waals surface area contributed by atoms with E-state index >= 15 is 0 Å².